The van der Waals surface area contributed by atoms with Crippen LogP contribution in [0.3, 0.4) is 0 Å². The maximum Gasteiger partial charge on any atom is 0.339 e. The Morgan fingerprint density at radius 2 is 1.57 bits per heavy atom. The van der Waals surface area contributed by atoms with E-state index in [0.29, 0.717) is 18.1 Å². The normalized spacial score (nSPS) is 14.1. The lowest BCUT2D eigenvalue weighted by Crippen LogP contribution is -2.40. The molecule has 23 heavy (non-hydrogen) atoms. The summed E-state index contributed by atoms with van der Waals surface area (Å²) in [4.78, 5) is 0. The molecule has 0 saturated carbocycles. The van der Waals surface area contributed by atoms with Gasteiger partial charge in [0.05, 0.1) is 6.10 Å². The van der Waals surface area contributed by atoms with E-state index in [2.05, 4.69) is 26.3 Å². The molecule has 130 valence electrons. The van der Waals surface area contributed by atoms with Crippen molar-refractivity contribution in [2.75, 3.05) is 6.61 Å². The van der Waals surface area contributed by atoms with Gasteiger partial charge in [-0.1, -0.05) is 52.3 Å². The Labute approximate surface area is 135 Å². The summed E-state index contributed by atoms with van der Waals surface area (Å²) in [6.07, 6.45) is 2.15. The van der Waals surface area contributed by atoms with Crippen LogP contribution in [0.15, 0.2) is 61.3 Å². The Hall–Kier alpha value is -1.62. The maximum atomic E-state index is 13.7. The molecule has 0 radical (unpaired) electrons. The van der Waals surface area contributed by atoms with Gasteiger partial charge in [0.25, 0.3) is 0 Å². The molecule has 0 aromatic heterocycles. The van der Waals surface area contributed by atoms with Crippen LogP contribution in [0.25, 0.3) is 0 Å². The molecule has 0 aliphatic heterocycles. The van der Waals surface area contributed by atoms with Crippen molar-refractivity contribution < 1.29 is 22.3 Å². The molecule has 0 aliphatic rings. The van der Waals surface area contributed by atoms with E-state index in [0.717, 1.165) is 0 Å². The smallest absolute Gasteiger partial charge is 0.339 e. The fourth-order valence-electron chi connectivity index (χ4n) is 1.42. The average molecular weight is 332 g/mol. The highest BCUT2D eigenvalue weighted by atomic mass is 19.3. The molecule has 1 unspecified atom stereocenters. The number of allylic oxidation sites excluding steroid dienone is 4. The van der Waals surface area contributed by atoms with Gasteiger partial charge in [0, 0.05) is 12.2 Å². The standard InChI is InChI=1S/C18H24F4O/c1-8-17(19,20)18(21,22)15(6)13(4)9-10-14(5)16(7)23-11-12(2)3/h8-10,12,16H,1,4-6,11H2,2-3,7H3/b10-9-. The highest BCUT2D eigenvalue weighted by Gasteiger charge is 2.56. The first-order chi connectivity index (χ1) is 10.4. The molecule has 0 bridgehead atoms. The first-order valence-electron chi connectivity index (χ1n) is 7.13. The second-order valence-corrected chi connectivity index (χ2v) is 5.68. The molecule has 1 atom stereocenters. The van der Waals surface area contributed by atoms with Crippen LogP contribution < -0.4 is 0 Å². The summed E-state index contributed by atoms with van der Waals surface area (Å²) in [5.74, 6) is -8.52. The average Bonchev–Trinajstić information content (AvgIpc) is 2.48. The minimum absolute atomic E-state index is 0.101. The predicted octanol–water partition coefficient (Wildman–Crippen LogP) is 5.73. The lowest BCUT2D eigenvalue weighted by molar-refractivity contribution is -0.152. The van der Waals surface area contributed by atoms with Gasteiger partial charge in [-0.2, -0.15) is 17.6 Å². The summed E-state index contributed by atoms with van der Waals surface area (Å²) in [5.41, 5.74) is -0.866. The predicted molar refractivity (Wildman–Crippen MR) is 86.9 cm³/mol. The summed E-state index contributed by atoms with van der Waals surface area (Å²) in [6, 6.07) is 0. The molecule has 0 rings (SSSR count). The van der Waals surface area contributed by atoms with Gasteiger partial charge in [0.1, 0.15) is 0 Å². The minimum Gasteiger partial charge on any atom is -0.374 e. The van der Waals surface area contributed by atoms with Gasteiger partial charge in [-0.15, -0.1) is 0 Å². The Balaban J connectivity index is 4.90. The Bertz CT molecular complexity index is 501. The number of ether oxygens (including phenoxy) is 1. The molecule has 0 N–H and O–H groups in total. The van der Waals surface area contributed by atoms with Crippen molar-refractivity contribution in [1.82, 2.24) is 0 Å². The monoisotopic (exact) mass is 332 g/mol. The second kappa shape index (κ2) is 8.29. The van der Waals surface area contributed by atoms with E-state index >= 15 is 0 Å². The zero-order valence-electron chi connectivity index (χ0n) is 13.8. The number of hydrogen-bond donors (Lipinski definition) is 0. The first kappa shape index (κ1) is 21.4. The Morgan fingerprint density at radius 3 is 2.00 bits per heavy atom. The van der Waals surface area contributed by atoms with Crippen LogP contribution in [0, 0.1) is 5.92 Å². The van der Waals surface area contributed by atoms with Gasteiger partial charge in [-0.25, -0.2) is 0 Å². The van der Waals surface area contributed by atoms with E-state index in [1.807, 2.05) is 13.8 Å². The maximum absolute atomic E-state index is 13.7. The lowest BCUT2D eigenvalue weighted by atomic mass is 9.96. The first-order valence-corrected chi connectivity index (χ1v) is 7.13. The third kappa shape index (κ3) is 5.82. The van der Waals surface area contributed by atoms with Crippen LogP contribution in [0.5, 0.6) is 0 Å². The van der Waals surface area contributed by atoms with Crippen LogP contribution in [-0.4, -0.2) is 24.6 Å². The molecule has 5 heteroatoms. The van der Waals surface area contributed by atoms with Crippen molar-refractivity contribution in [3.8, 4) is 0 Å². The molecular weight excluding hydrogens is 308 g/mol. The summed E-state index contributed by atoms with van der Waals surface area (Å²) in [5, 5.41) is 0. The third-order valence-corrected chi connectivity index (χ3v) is 3.14. The van der Waals surface area contributed by atoms with Crippen LogP contribution in [0.2, 0.25) is 0 Å². The molecule has 0 amide bonds. The van der Waals surface area contributed by atoms with Crippen molar-refractivity contribution in [3.05, 3.63) is 61.3 Å². The van der Waals surface area contributed by atoms with Gasteiger partial charge >= 0.3 is 11.8 Å². The zero-order chi connectivity index (χ0) is 18.4. The van der Waals surface area contributed by atoms with Crippen LogP contribution in [-0.2, 0) is 4.74 Å². The number of alkyl halides is 4. The molecule has 0 fully saturated rings. The Kier molecular flexibility index (Phi) is 7.71. The van der Waals surface area contributed by atoms with E-state index in [1.54, 1.807) is 6.92 Å². The van der Waals surface area contributed by atoms with Crippen molar-refractivity contribution in [1.29, 1.82) is 0 Å². The van der Waals surface area contributed by atoms with E-state index in [1.165, 1.54) is 12.2 Å². The largest absolute Gasteiger partial charge is 0.374 e. The minimum atomic E-state index is -4.46. The van der Waals surface area contributed by atoms with Gasteiger partial charge in [0.15, 0.2) is 0 Å². The van der Waals surface area contributed by atoms with Gasteiger partial charge in [0.2, 0.25) is 0 Å². The zero-order valence-corrected chi connectivity index (χ0v) is 13.8. The third-order valence-electron chi connectivity index (χ3n) is 3.14. The van der Waals surface area contributed by atoms with Crippen molar-refractivity contribution in [2.24, 2.45) is 5.92 Å². The van der Waals surface area contributed by atoms with Crippen LogP contribution in [0.1, 0.15) is 20.8 Å². The number of halogens is 4. The van der Waals surface area contributed by atoms with Gasteiger partial charge in [-0.3, -0.25) is 0 Å². The van der Waals surface area contributed by atoms with Crippen molar-refractivity contribution in [3.63, 3.8) is 0 Å². The van der Waals surface area contributed by atoms with Crippen LogP contribution >= 0.6 is 0 Å². The summed E-state index contributed by atoms with van der Waals surface area (Å²) in [6.45, 7) is 19.1. The number of hydrogen-bond acceptors (Lipinski definition) is 1. The summed E-state index contributed by atoms with van der Waals surface area (Å²) >= 11 is 0. The molecule has 0 aliphatic carbocycles. The van der Waals surface area contributed by atoms with Gasteiger partial charge in [-0.05, 0) is 30.1 Å². The van der Waals surface area contributed by atoms with Crippen molar-refractivity contribution >= 4 is 0 Å². The highest BCUT2D eigenvalue weighted by molar-refractivity contribution is 5.44. The van der Waals surface area contributed by atoms with E-state index in [4.69, 9.17) is 4.74 Å². The molecular formula is C18H24F4O. The van der Waals surface area contributed by atoms with E-state index in [-0.39, 0.29) is 17.8 Å². The molecule has 0 spiro atoms. The molecule has 0 saturated heterocycles. The van der Waals surface area contributed by atoms with Gasteiger partial charge < -0.3 is 4.74 Å². The van der Waals surface area contributed by atoms with Crippen molar-refractivity contribution in [2.45, 2.75) is 38.7 Å². The Morgan fingerprint density at radius 1 is 1.04 bits per heavy atom. The fourth-order valence-corrected chi connectivity index (χ4v) is 1.42. The lowest BCUT2D eigenvalue weighted by Gasteiger charge is -2.26. The topological polar surface area (TPSA) is 9.23 Å². The SMILES string of the molecule is C=CC(F)(F)C(F)(F)C(=C)C(=C)/C=C\C(=C)C(C)OCC(C)C. The second-order valence-electron chi connectivity index (χ2n) is 5.68. The van der Waals surface area contributed by atoms with Crippen LogP contribution in [0.4, 0.5) is 17.6 Å². The highest BCUT2D eigenvalue weighted by Crippen LogP contribution is 2.42. The van der Waals surface area contributed by atoms with E-state index in [9.17, 15) is 17.6 Å². The molecule has 1 nitrogen and oxygen atoms in total. The summed E-state index contributed by atoms with van der Waals surface area (Å²) < 4.78 is 59.3. The quantitative estimate of drug-likeness (QED) is 0.282. The molecule has 0 heterocycles. The fraction of sp³-hybridized carbons (Fsp3) is 0.444. The molecule has 0 aromatic carbocycles. The van der Waals surface area contributed by atoms with E-state index < -0.39 is 17.4 Å². The molecule has 0 aromatic rings. The summed E-state index contributed by atoms with van der Waals surface area (Å²) in [7, 11) is 0. The number of rotatable bonds is 10.